The molecule has 7 atom stereocenters. The Bertz CT molecular complexity index is 825. The van der Waals surface area contributed by atoms with Gasteiger partial charge in [0.2, 0.25) is 0 Å². The second-order valence-corrected chi connectivity index (χ2v) is 11.0. The van der Waals surface area contributed by atoms with Crippen LogP contribution in [0.1, 0.15) is 46.5 Å². The van der Waals surface area contributed by atoms with Crippen LogP contribution in [0.25, 0.3) is 0 Å². The van der Waals surface area contributed by atoms with Gasteiger partial charge in [-0.25, -0.2) is 8.78 Å². The first kappa shape index (κ1) is 21.3. The van der Waals surface area contributed by atoms with Crippen molar-refractivity contribution in [3.63, 3.8) is 0 Å². The van der Waals surface area contributed by atoms with E-state index in [0.29, 0.717) is 19.4 Å². The molecule has 160 valence electrons. The Morgan fingerprint density at radius 3 is 2.59 bits per heavy atom. The van der Waals surface area contributed by atoms with Gasteiger partial charge < -0.3 is 4.74 Å². The van der Waals surface area contributed by atoms with Gasteiger partial charge in [-0.3, -0.25) is 9.59 Å². The van der Waals surface area contributed by atoms with Crippen molar-refractivity contribution in [3.05, 3.63) is 23.8 Å². The van der Waals surface area contributed by atoms with Crippen LogP contribution in [-0.4, -0.2) is 34.5 Å². The van der Waals surface area contributed by atoms with E-state index in [9.17, 15) is 9.59 Å². The Morgan fingerprint density at radius 2 is 1.93 bits per heavy atom. The topological polar surface area (TPSA) is 43.4 Å². The predicted octanol–water partition coefficient (Wildman–Crippen LogP) is 5.30. The number of hydrogen-bond donors (Lipinski definition) is 0. The van der Waals surface area contributed by atoms with Gasteiger partial charge >= 0.3 is 5.97 Å². The molecule has 7 heteroatoms. The summed E-state index contributed by atoms with van der Waals surface area (Å²) in [5.74, 6) is -4.35. The van der Waals surface area contributed by atoms with Gasteiger partial charge in [0.25, 0.3) is 5.92 Å². The fraction of sp³-hybridized carbons (Fsp3) is 0.727. The summed E-state index contributed by atoms with van der Waals surface area (Å²) in [7, 11) is 0. The summed E-state index contributed by atoms with van der Waals surface area (Å²) in [5.41, 5.74) is -1.65. The smallest absolute Gasteiger partial charge is 0.302 e. The average Bonchev–Trinajstić information content (AvgIpc) is 2.94. The number of carbonyl (C=O) groups excluding carboxylic acids is 2. The molecule has 3 saturated carbocycles. The maximum atomic E-state index is 15.3. The van der Waals surface area contributed by atoms with Crippen LogP contribution >= 0.6 is 23.2 Å². The van der Waals surface area contributed by atoms with Crippen LogP contribution < -0.4 is 0 Å². The van der Waals surface area contributed by atoms with Gasteiger partial charge in [-0.2, -0.15) is 0 Å². The molecule has 0 aromatic heterocycles. The standard InChI is InChI=1S/C22H26Cl2F2O3/c1-12(27)29-11-13-6-15-16-9-21(25,26)17-7-14(28)4-5-20(17,3)22(16,24)18(23)10-19(15,2)8-13/h4-5,7,13,15-16,18H,6,8-11H2,1-3H3/t13-,15+,16+,18+,19+,20+,22+/m1/s1. The highest BCUT2D eigenvalue weighted by Gasteiger charge is 2.72. The molecule has 0 radical (unpaired) electrons. The fourth-order valence-electron chi connectivity index (χ4n) is 6.75. The summed E-state index contributed by atoms with van der Waals surface area (Å²) in [6.45, 7) is 5.46. The highest BCUT2D eigenvalue weighted by Crippen LogP contribution is 2.72. The fourth-order valence-corrected chi connectivity index (χ4v) is 7.97. The van der Waals surface area contributed by atoms with Gasteiger partial charge in [-0.15, -0.1) is 23.2 Å². The lowest BCUT2D eigenvalue weighted by molar-refractivity contribution is -0.142. The minimum absolute atomic E-state index is 0.0502. The second-order valence-electron chi connectivity index (χ2n) is 9.82. The van der Waals surface area contributed by atoms with Crippen molar-refractivity contribution in [1.29, 1.82) is 0 Å². The Balaban J connectivity index is 1.76. The lowest BCUT2D eigenvalue weighted by Gasteiger charge is -2.63. The van der Waals surface area contributed by atoms with Crippen molar-refractivity contribution in [2.24, 2.45) is 28.6 Å². The van der Waals surface area contributed by atoms with Crippen LogP contribution in [-0.2, 0) is 14.3 Å². The van der Waals surface area contributed by atoms with E-state index in [1.54, 1.807) is 13.0 Å². The Kier molecular flexibility index (Phi) is 4.79. The van der Waals surface area contributed by atoms with Crippen LogP contribution in [0.15, 0.2) is 23.8 Å². The molecule has 0 aromatic carbocycles. The van der Waals surface area contributed by atoms with Gasteiger partial charge in [0.1, 0.15) is 0 Å². The summed E-state index contributed by atoms with van der Waals surface area (Å²) >= 11 is 14.2. The van der Waals surface area contributed by atoms with Crippen molar-refractivity contribution >= 4 is 35.0 Å². The largest absolute Gasteiger partial charge is 0.466 e. The third-order valence-corrected chi connectivity index (χ3v) is 9.53. The summed E-state index contributed by atoms with van der Waals surface area (Å²) in [4.78, 5) is 22.0. The molecule has 0 unspecified atom stereocenters. The van der Waals surface area contributed by atoms with E-state index in [1.807, 2.05) is 0 Å². The number of carbonyl (C=O) groups is 2. The van der Waals surface area contributed by atoms with E-state index in [-0.39, 0.29) is 28.8 Å². The third kappa shape index (κ3) is 2.94. The molecule has 0 amide bonds. The summed E-state index contributed by atoms with van der Waals surface area (Å²) in [6.07, 6.45) is 5.57. The van der Waals surface area contributed by atoms with E-state index in [0.717, 1.165) is 12.5 Å². The first-order valence-corrected chi connectivity index (χ1v) is 10.9. The van der Waals surface area contributed by atoms with E-state index in [2.05, 4.69) is 6.92 Å². The molecule has 4 rings (SSSR count). The zero-order valence-corrected chi connectivity index (χ0v) is 18.3. The minimum atomic E-state index is -3.12. The van der Waals surface area contributed by atoms with Gasteiger partial charge in [0.15, 0.2) is 5.78 Å². The number of rotatable bonds is 2. The first-order valence-electron chi connectivity index (χ1n) is 10.1. The molecule has 0 bridgehead atoms. The van der Waals surface area contributed by atoms with Gasteiger partial charge in [-0.1, -0.05) is 19.9 Å². The first-order chi connectivity index (χ1) is 13.3. The van der Waals surface area contributed by atoms with Crippen molar-refractivity contribution in [2.75, 3.05) is 6.61 Å². The molecule has 3 nitrogen and oxygen atoms in total. The molecule has 3 fully saturated rings. The Labute approximate surface area is 179 Å². The van der Waals surface area contributed by atoms with Gasteiger partial charge in [-0.05, 0) is 54.6 Å². The number of hydrogen-bond acceptors (Lipinski definition) is 3. The highest BCUT2D eigenvalue weighted by atomic mass is 35.5. The van der Waals surface area contributed by atoms with Crippen molar-refractivity contribution in [2.45, 2.75) is 62.6 Å². The van der Waals surface area contributed by atoms with Crippen molar-refractivity contribution < 1.29 is 23.1 Å². The maximum absolute atomic E-state index is 15.3. The lowest BCUT2D eigenvalue weighted by Crippen LogP contribution is -2.67. The maximum Gasteiger partial charge on any atom is 0.302 e. The molecule has 4 aliphatic carbocycles. The number of ether oxygens (including phenoxy) is 1. The van der Waals surface area contributed by atoms with Crippen LogP contribution in [0, 0.1) is 28.6 Å². The number of halogens is 4. The van der Waals surface area contributed by atoms with Gasteiger partial charge in [0, 0.05) is 24.3 Å². The Hall–Kier alpha value is -0.940. The van der Waals surface area contributed by atoms with Crippen molar-refractivity contribution in [1.82, 2.24) is 0 Å². The quantitative estimate of drug-likeness (QED) is 0.427. The molecular weight excluding hydrogens is 421 g/mol. The normalized spacial score (nSPS) is 47.7. The third-order valence-electron chi connectivity index (χ3n) is 7.98. The molecule has 0 aliphatic heterocycles. The van der Waals surface area contributed by atoms with E-state index < -0.39 is 39.7 Å². The molecule has 29 heavy (non-hydrogen) atoms. The second kappa shape index (κ2) is 6.53. The zero-order chi connectivity index (χ0) is 21.4. The SMILES string of the molecule is CC(=O)OC[C@@H]1C[C@H]2[C@@H]3CC(F)(F)C4=CC(=O)C=C[C@]4(C)[C@@]3(Cl)[C@@H](Cl)C[C@]2(C)C1. The van der Waals surface area contributed by atoms with Crippen LogP contribution in [0.5, 0.6) is 0 Å². The van der Waals surface area contributed by atoms with Crippen LogP contribution in [0.3, 0.4) is 0 Å². The molecule has 0 N–H and O–H groups in total. The van der Waals surface area contributed by atoms with Crippen molar-refractivity contribution in [3.8, 4) is 0 Å². The number of esters is 1. The summed E-state index contributed by atoms with van der Waals surface area (Å²) in [6, 6.07) is 0. The van der Waals surface area contributed by atoms with E-state index in [1.165, 1.54) is 13.0 Å². The minimum Gasteiger partial charge on any atom is -0.466 e. The summed E-state index contributed by atoms with van der Waals surface area (Å²) in [5, 5.41) is -0.523. The number of alkyl halides is 4. The Morgan fingerprint density at radius 1 is 1.24 bits per heavy atom. The molecule has 0 saturated heterocycles. The van der Waals surface area contributed by atoms with E-state index >= 15 is 8.78 Å². The van der Waals surface area contributed by atoms with Crippen LogP contribution in [0.2, 0.25) is 0 Å². The number of ketones is 1. The molecule has 4 aliphatic rings. The number of allylic oxidation sites excluding steroid dienone is 4. The molecular formula is C22H26Cl2F2O3. The predicted molar refractivity (Wildman–Crippen MR) is 107 cm³/mol. The average molecular weight is 447 g/mol. The molecule has 0 spiro atoms. The van der Waals surface area contributed by atoms with Crippen LogP contribution in [0.4, 0.5) is 8.78 Å². The zero-order valence-electron chi connectivity index (χ0n) is 16.8. The highest BCUT2D eigenvalue weighted by molar-refractivity contribution is 6.34. The lowest BCUT2D eigenvalue weighted by atomic mass is 9.47. The molecule has 0 heterocycles. The molecule has 0 aromatic rings. The van der Waals surface area contributed by atoms with Gasteiger partial charge in [0.05, 0.1) is 16.9 Å². The number of fused-ring (bicyclic) bond motifs is 5. The monoisotopic (exact) mass is 446 g/mol. The van der Waals surface area contributed by atoms with E-state index in [4.69, 9.17) is 27.9 Å². The summed E-state index contributed by atoms with van der Waals surface area (Å²) < 4.78 is 35.9.